The molecule has 2 rings (SSSR count). The van der Waals surface area contributed by atoms with Crippen molar-refractivity contribution in [2.45, 2.75) is 23.8 Å². The maximum Gasteiger partial charge on any atom is 0.243 e. The standard InChI is InChI=1S/C13H17BrN2O3S/c1-15(2)13(17)12-4-3-9-16(12)20(18,19)11-7-5-10(14)6-8-11/h5-8,12H,3-4,9H2,1-2H3/t12-/m1/s1. The lowest BCUT2D eigenvalue weighted by Crippen LogP contribution is -2.45. The van der Waals surface area contributed by atoms with Crippen molar-refractivity contribution in [2.24, 2.45) is 0 Å². The van der Waals surface area contributed by atoms with Crippen molar-refractivity contribution < 1.29 is 13.2 Å². The number of hydrogen-bond acceptors (Lipinski definition) is 3. The third-order valence-electron chi connectivity index (χ3n) is 3.35. The van der Waals surface area contributed by atoms with Gasteiger partial charge in [0, 0.05) is 25.1 Å². The minimum Gasteiger partial charge on any atom is -0.347 e. The zero-order chi connectivity index (χ0) is 14.9. The van der Waals surface area contributed by atoms with Gasteiger partial charge in [-0.25, -0.2) is 8.42 Å². The normalized spacial score (nSPS) is 20.1. The lowest BCUT2D eigenvalue weighted by molar-refractivity contribution is -0.132. The molecule has 7 heteroatoms. The number of hydrogen-bond donors (Lipinski definition) is 0. The minimum absolute atomic E-state index is 0.164. The summed E-state index contributed by atoms with van der Waals surface area (Å²) in [5.74, 6) is -0.164. The molecule has 1 aliphatic rings. The average Bonchev–Trinajstić information content (AvgIpc) is 2.88. The van der Waals surface area contributed by atoms with Gasteiger partial charge in [0.05, 0.1) is 4.90 Å². The predicted molar refractivity (Wildman–Crippen MR) is 79.7 cm³/mol. The first-order valence-electron chi connectivity index (χ1n) is 6.32. The SMILES string of the molecule is CN(C)C(=O)[C@H]1CCCN1S(=O)(=O)c1ccc(Br)cc1. The van der Waals surface area contributed by atoms with Gasteiger partial charge in [0.15, 0.2) is 0 Å². The summed E-state index contributed by atoms with van der Waals surface area (Å²) in [4.78, 5) is 13.8. The summed E-state index contributed by atoms with van der Waals surface area (Å²) in [6, 6.07) is 5.89. The molecule has 0 saturated carbocycles. The molecule has 0 aliphatic carbocycles. The van der Waals surface area contributed by atoms with E-state index in [-0.39, 0.29) is 10.8 Å². The third-order valence-corrected chi connectivity index (χ3v) is 5.80. The Morgan fingerprint density at radius 1 is 1.30 bits per heavy atom. The van der Waals surface area contributed by atoms with Crippen molar-refractivity contribution in [3.8, 4) is 0 Å². The molecular weight excluding hydrogens is 344 g/mol. The quantitative estimate of drug-likeness (QED) is 0.823. The molecule has 1 saturated heterocycles. The summed E-state index contributed by atoms with van der Waals surface area (Å²) < 4.78 is 27.4. The molecule has 1 amide bonds. The maximum absolute atomic E-state index is 12.6. The molecule has 1 aromatic carbocycles. The Bertz CT molecular complexity index is 599. The van der Waals surface area contributed by atoms with Crippen LogP contribution in [0.25, 0.3) is 0 Å². The molecular formula is C13H17BrN2O3S. The molecule has 1 aromatic rings. The Kier molecular flexibility index (Phi) is 4.51. The number of sulfonamides is 1. The van der Waals surface area contributed by atoms with E-state index in [1.54, 1.807) is 38.4 Å². The highest BCUT2D eigenvalue weighted by Gasteiger charge is 2.39. The highest BCUT2D eigenvalue weighted by Crippen LogP contribution is 2.27. The van der Waals surface area contributed by atoms with Gasteiger partial charge in [0.1, 0.15) is 6.04 Å². The highest BCUT2D eigenvalue weighted by molar-refractivity contribution is 9.10. The van der Waals surface area contributed by atoms with Crippen molar-refractivity contribution >= 4 is 31.9 Å². The minimum atomic E-state index is -3.62. The molecule has 20 heavy (non-hydrogen) atoms. The topological polar surface area (TPSA) is 57.7 Å². The van der Waals surface area contributed by atoms with Crippen LogP contribution in [0.3, 0.4) is 0 Å². The summed E-state index contributed by atoms with van der Waals surface area (Å²) >= 11 is 3.28. The molecule has 1 heterocycles. The van der Waals surface area contributed by atoms with E-state index in [0.29, 0.717) is 19.4 Å². The van der Waals surface area contributed by atoms with Crippen molar-refractivity contribution in [1.82, 2.24) is 9.21 Å². The molecule has 0 aromatic heterocycles. The zero-order valence-corrected chi connectivity index (χ0v) is 13.8. The predicted octanol–water partition coefficient (Wildman–Crippen LogP) is 1.69. The van der Waals surface area contributed by atoms with Crippen LogP contribution in [0.15, 0.2) is 33.6 Å². The monoisotopic (exact) mass is 360 g/mol. The van der Waals surface area contributed by atoms with Gasteiger partial charge in [-0.05, 0) is 37.1 Å². The van der Waals surface area contributed by atoms with Gasteiger partial charge in [-0.2, -0.15) is 4.31 Å². The van der Waals surface area contributed by atoms with Gasteiger partial charge in [-0.15, -0.1) is 0 Å². The second-order valence-corrected chi connectivity index (χ2v) is 7.77. The number of likely N-dealkylation sites (N-methyl/N-ethyl adjacent to an activating group) is 1. The van der Waals surface area contributed by atoms with Crippen LogP contribution in [-0.2, 0) is 14.8 Å². The molecule has 0 spiro atoms. The zero-order valence-electron chi connectivity index (χ0n) is 11.4. The second kappa shape index (κ2) is 5.83. The van der Waals surface area contributed by atoms with Gasteiger partial charge in [-0.3, -0.25) is 4.79 Å². The summed E-state index contributed by atoms with van der Waals surface area (Å²) in [5, 5.41) is 0. The fraction of sp³-hybridized carbons (Fsp3) is 0.462. The van der Waals surface area contributed by atoms with E-state index in [4.69, 9.17) is 0 Å². The first-order chi connectivity index (χ1) is 9.34. The van der Waals surface area contributed by atoms with E-state index in [1.165, 1.54) is 9.21 Å². The number of amides is 1. The Labute approximate surface area is 127 Å². The molecule has 5 nitrogen and oxygen atoms in total. The van der Waals surface area contributed by atoms with E-state index in [0.717, 1.165) is 4.47 Å². The maximum atomic E-state index is 12.6. The summed E-state index contributed by atoms with van der Waals surface area (Å²) in [6.07, 6.45) is 1.28. The number of carbonyl (C=O) groups is 1. The fourth-order valence-electron chi connectivity index (χ4n) is 2.31. The number of halogens is 1. The molecule has 1 aliphatic heterocycles. The van der Waals surface area contributed by atoms with Gasteiger partial charge in [0.2, 0.25) is 15.9 Å². The van der Waals surface area contributed by atoms with Gasteiger partial charge >= 0.3 is 0 Å². The fourth-order valence-corrected chi connectivity index (χ4v) is 4.23. The van der Waals surface area contributed by atoms with E-state index >= 15 is 0 Å². The van der Waals surface area contributed by atoms with Crippen LogP contribution >= 0.6 is 15.9 Å². The summed E-state index contributed by atoms with van der Waals surface area (Å²) in [6.45, 7) is 0.392. The van der Waals surface area contributed by atoms with Crippen LogP contribution in [-0.4, -0.2) is 50.2 Å². The average molecular weight is 361 g/mol. The van der Waals surface area contributed by atoms with Crippen LogP contribution in [0, 0.1) is 0 Å². The van der Waals surface area contributed by atoms with Crippen molar-refractivity contribution in [3.05, 3.63) is 28.7 Å². The number of carbonyl (C=O) groups excluding carboxylic acids is 1. The van der Waals surface area contributed by atoms with Crippen molar-refractivity contribution in [3.63, 3.8) is 0 Å². The second-order valence-electron chi connectivity index (χ2n) is 4.96. The number of rotatable bonds is 3. The van der Waals surface area contributed by atoms with Gasteiger partial charge in [-0.1, -0.05) is 15.9 Å². The van der Waals surface area contributed by atoms with Crippen LogP contribution in [0.4, 0.5) is 0 Å². The lowest BCUT2D eigenvalue weighted by Gasteiger charge is -2.25. The van der Waals surface area contributed by atoms with E-state index in [2.05, 4.69) is 15.9 Å². The number of benzene rings is 1. The van der Waals surface area contributed by atoms with Crippen LogP contribution in [0.1, 0.15) is 12.8 Å². The molecule has 0 bridgehead atoms. The van der Waals surface area contributed by atoms with Gasteiger partial charge in [0.25, 0.3) is 0 Å². The van der Waals surface area contributed by atoms with Crippen LogP contribution in [0.5, 0.6) is 0 Å². The molecule has 1 atom stereocenters. The Morgan fingerprint density at radius 3 is 2.45 bits per heavy atom. The third kappa shape index (κ3) is 2.89. The largest absolute Gasteiger partial charge is 0.347 e. The Hall–Kier alpha value is -0.920. The summed E-state index contributed by atoms with van der Waals surface area (Å²) in [5.41, 5.74) is 0. The number of nitrogens with zero attached hydrogens (tertiary/aromatic N) is 2. The first-order valence-corrected chi connectivity index (χ1v) is 8.56. The smallest absolute Gasteiger partial charge is 0.243 e. The van der Waals surface area contributed by atoms with Crippen molar-refractivity contribution in [2.75, 3.05) is 20.6 Å². The molecule has 0 radical (unpaired) electrons. The van der Waals surface area contributed by atoms with E-state index in [1.807, 2.05) is 0 Å². The Morgan fingerprint density at radius 2 is 1.90 bits per heavy atom. The van der Waals surface area contributed by atoms with Gasteiger partial charge < -0.3 is 4.90 Å². The van der Waals surface area contributed by atoms with E-state index in [9.17, 15) is 13.2 Å². The van der Waals surface area contributed by atoms with Crippen molar-refractivity contribution in [1.29, 1.82) is 0 Å². The van der Waals surface area contributed by atoms with E-state index < -0.39 is 16.1 Å². The molecule has 0 unspecified atom stereocenters. The molecule has 1 fully saturated rings. The highest BCUT2D eigenvalue weighted by atomic mass is 79.9. The van der Waals surface area contributed by atoms with Crippen LogP contribution in [0.2, 0.25) is 0 Å². The summed E-state index contributed by atoms with van der Waals surface area (Å²) in [7, 11) is -0.330. The lowest BCUT2D eigenvalue weighted by atomic mass is 10.2. The molecule has 0 N–H and O–H groups in total. The Balaban J connectivity index is 2.33. The van der Waals surface area contributed by atoms with Crippen LogP contribution < -0.4 is 0 Å². The first kappa shape index (κ1) is 15.5. The molecule has 110 valence electrons.